The van der Waals surface area contributed by atoms with E-state index in [1.807, 2.05) is 124 Å². The van der Waals surface area contributed by atoms with Crippen molar-refractivity contribution in [2.75, 3.05) is 0 Å². The van der Waals surface area contributed by atoms with E-state index < -0.39 is 14.5 Å². The molecule has 0 amide bonds. The van der Waals surface area contributed by atoms with Gasteiger partial charge in [-0.2, -0.15) is 0 Å². The molecule has 0 radical (unpaired) electrons. The standard InChI is InChI=1S/2C9H12N4Se2.2C5H8N2Se.2BF4.2Cu/c2*1-10-3-5-12(8(10)14)7-13-6-4-11(2)9(13)15;2*1-6-3-4-7(2)5(6)8;2*2-1(3,4)5;;/h2*3-6H,7H2,1-2H3;2*3-4H,1-2H3;;;;/q;;;;2*-1;2*+1. The number of hydrogen-bond donors (Lipinski definition) is 0. The van der Waals surface area contributed by atoms with Crippen LogP contribution in [0.1, 0.15) is 0 Å². The smallest absolute Gasteiger partial charge is 0.418 e. The van der Waals surface area contributed by atoms with Gasteiger partial charge in [0, 0.05) is 0 Å². The summed E-state index contributed by atoms with van der Waals surface area (Å²) < 4.78 is 110. The predicted molar refractivity (Wildman–Crippen MR) is 199 cm³/mol. The molecule has 332 valence electrons. The molecule has 0 N–H and O–H groups in total. The number of aromatic nitrogens is 12. The fraction of sp³-hybridized carbons (Fsp3) is 0.357. The van der Waals surface area contributed by atoms with Crippen molar-refractivity contribution in [1.82, 2.24) is 27.4 Å². The van der Waals surface area contributed by atoms with Gasteiger partial charge >= 0.3 is 372 Å². The van der Waals surface area contributed by atoms with Crippen LogP contribution in [0.3, 0.4) is 0 Å². The monoisotopic (exact) mass is 1320 g/mol. The van der Waals surface area contributed by atoms with Gasteiger partial charge in [0.05, 0.1) is 0 Å². The van der Waals surface area contributed by atoms with Crippen molar-refractivity contribution in [2.24, 2.45) is 56.4 Å². The van der Waals surface area contributed by atoms with Gasteiger partial charge in [-0.1, -0.05) is 0 Å². The van der Waals surface area contributed by atoms with Gasteiger partial charge in [0.1, 0.15) is 0 Å². The Morgan fingerprint density at radius 2 is 0.534 bits per heavy atom. The first-order chi connectivity index (χ1) is 25.6. The maximum absolute atomic E-state index is 9.75. The normalized spacial score (nSPS) is 10.3. The summed E-state index contributed by atoms with van der Waals surface area (Å²) in [6.45, 7) is 1.62. The molecule has 6 rings (SSSR count). The molecule has 6 aromatic rings. The van der Waals surface area contributed by atoms with Crippen LogP contribution in [0.2, 0.25) is 0 Å². The van der Waals surface area contributed by atoms with E-state index in [0.717, 1.165) is 41.7 Å². The predicted octanol–water partition coefficient (Wildman–Crippen LogP) is -6.05. The Hall–Kier alpha value is -1.01. The molecule has 0 aromatic carbocycles. The van der Waals surface area contributed by atoms with Gasteiger partial charge in [-0.05, 0) is 0 Å². The van der Waals surface area contributed by atoms with Gasteiger partial charge in [-0.15, -0.1) is 0 Å². The second kappa shape index (κ2) is 27.1. The zero-order valence-electron chi connectivity index (χ0n) is 31.9. The molecule has 0 unspecified atom stereocenters. The van der Waals surface area contributed by atoms with Crippen LogP contribution in [0.4, 0.5) is 34.5 Å². The Balaban J connectivity index is 0. The minimum atomic E-state index is -6.00. The molecule has 0 spiro atoms. The van der Waals surface area contributed by atoms with Crippen LogP contribution in [0.5, 0.6) is 0 Å². The molecular weight excluding hydrogens is 1280 g/mol. The molecule has 0 bridgehead atoms. The number of aryl methyl sites for hydroxylation is 8. The minimum Gasteiger partial charge on any atom is -0.418 e. The number of nitrogens with zero attached hydrogens (tertiary/aromatic N) is 12. The van der Waals surface area contributed by atoms with Gasteiger partial charge in [0.15, 0.2) is 0 Å². The average molecular weight is 1320 g/mol. The van der Waals surface area contributed by atoms with Gasteiger partial charge in [0.25, 0.3) is 0 Å². The first-order valence-corrected chi connectivity index (χ1v) is 20.7. The van der Waals surface area contributed by atoms with Crippen molar-refractivity contribution in [3.05, 3.63) is 74.4 Å². The fourth-order valence-electron chi connectivity index (χ4n) is 3.95. The van der Waals surface area contributed by atoms with Crippen LogP contribution >= 0.6 is 0 Å². The van der Waals surface area contributed by atoms with E-state index in [1.54, 1.807) is 0 Å². The van der Waals surface area contributed by atoms with Crippen molar-refractivity contribution in [3.8, 4) is 0 Å². The number of imidazole rings is 6. The molecule has 58 heavy (non-hydrogen) atoms. The van der Waals surface area contributed by atoms with E-state index in [1.165, 1.54) is 0 Å². The van der Waals surface area contributed by atoms with E-state index in [9.17, 15) is 34.5 Å². The van der Waals surface area contributed by atoms with E-state index in [-0.39, 0.29) is 34.1 Å². The maximum atomic E-state index is 9.75. The van der Waals surface area contributed by atoms with Gasteiger partial charge < -0.3 is 34.5 Å². The van der Waals surface area contributed by atoms with Gasteiger partial charge in [-0.25, -0.2) is 0 Å². The zero-order chi connectivity index (χ0) is 43.3. The first kappa shape index (κ1) is 59.1. The van der Waals surface area contributed by atoms with Crippen molar-refractivity contribution < 1.29 is 96.1 Å². The van der Waals surface area contributed by atoms with Crippen molar-refractivity contribution in [1.29, 1.82) is 0 Å². The Bertz CT molecular complexity index is 1830. The van der Waals surface area contributed by atoms with Crippen LogP contribution in [0.25, 0.3) is 0 Å². The summed E-state index contributed by atoms with van der Waals surface area (Å²) in [4.78, 5) is 0. The summed E-state index contributed by atoms with van der Waals surface area (Å²) in [7, 11) is 4.12. The molecular formula is C28H40B2Cu2F8N12Se6. The second-order valence-corrected chi connectivity index (χ2v) is 16.1. The third-order valence-electron chi connectivity index (χ3n) is 6.91. The molecule has 0 aliphatic heterocycles. The number of rotatable bonds is 4. The van der Waals surface area contributed by atoms with E-state index in [0.29, 0.717) is 0 Å². The molecule has 12 nitrogen and oxygen atoms in total. The first-order valence-electron chi connectivity index (χ1n) is 15.6. The fourth-order valence-corrected chi connectivity index (χ4v) is 5.97. The van der Waals surface area contributed by atoms with Crippen molar-refractivity contribution >= 4 is 139 Å². The number of hydrogen-bond acceptors (Lipinski definition) is 0. The van der Waals surface area contributed by atoms with Gasteiger partial charge in [-0.3, -0.25) is 0 Å². The summed E-state index contributed by atoms with van der Waals surface area (Å²) >= 11 is 18.1. The summed E-state index contributed by atoms with van der Waals surface area (Å²) in [5.74, 6) is 0. The number of halogens is 8. The summed E-state index contributed by atoms with van der Waals surface area (Å²) in [6.07, 6.45) is 24.4. The Morgan fingerprint density at radius 3 is 0.621 bits per heavy atom. The Morgan fingerprint density at radius 1 is 0.379 bits per heavy atom. The van der Waals surface area contributed by atoms with Crippen LogP contribution < -0.4 is 55.7 Å². The molecule has 0 atom stereocenters. The third kappa shape index (κ3) is 22.2. The maximum Gasteiger partial charge on any atom is 1.00 e. The van der Waals surface area contributed by atoms with E-state index >= 15 is 0 Å². The summed E-state index contributed by atoms with van der Waals surface area (Å²) in [5.41, 5.74) is 0. The molecule has 0 aliphatic rings. The van der Waals surface area contributed by atoms with Crippen LogP contribution in [0.15, 0.2) is 74.4 Å². The topological polar surface area (TPSA) is 52.9 Å². The SMILES string of the molecule is C[n+]1ccn(Cn2cc[n+](C)c2[Se-])c1[Se-].C[n+]1ccn(Cn2cc[n+](C)c2[Se-])c1[Se-].Cn1cc[n+](C)c1[Se-].Cn1cc[n+](C)c1[Se-].F[B-](F)(F)F.F[B-](F)(F)F.[Cu+].[Cu+]. The third-order valence-corrected chi connectivity index (χ3v) is 13.7. The zero-order valence-corrected chi connectivity index (χ0v) is 44.1. The van der Waals surface area contributed by atoms with Crippen LogP contribution in [-0.4, -0.2) is 138 Å². The van der Waals surface area contributed by atoms with Crippen molar-refractivity contribution in [3.63, 3.8) is 0 Å². The Labute approximate surface area is 402 Å². The average Bonchev–Trinajstić information content (AvgIpc) is 3.91. The Kier molecular flexibility index (Phi) is 27.6. The molecule has 0 aliphatic carbocycles. The summed E-state index contributed by atoms with van der Waals surface area (Å²) in [6, 6.07) is 0. The molecule has 0 saturated carbocycles. The molecule has 6 aromatic heterocycles. The van der Waals surface area contributed by atoms with Crippen molar-refractivity contribution in [2.45, 2.75) is 13.3 Å². The van der Waals surface area contributed by atoms with Gasteiger partial charge in [0.2, 0.25) is 0 Å². The second-order valence-electron chi connectivity index (χ2n) is 11.5. The van der Waals surface area contributed by atoms with E-state index in [2.05, 4.69) is 157 Å². The van der Waals surface area contributed by atoms with E-state index in [4.69, 9.17) is 0 Å². The molecule has 0 saturated heterocycles. The summed E-state index contributed by atoms with van der Waals surface area (Å²) in [5, 5.41) is 0. The van der Waals surface area contributed by atoms with Crippen LogP contribution in [-0.2, 0) is 104 Å². The molecule has 30 heteroatoms. The molecule has 6 heterocycles. The van der Waals surface area contributed by atoms with Crippen LogP contribution in [0, 0.1) is 0 Å². The molecule has 0 fully saturated rings. The largest absolute Gasteiger partial charge is 1.00 e. The minimum absolute atomic E-state index is 0. The quantitative estimate of drug-likeness (QED) is 0.0962.